The molecule has 2 aromatic carbocycles. The second-order valence-electron chi connectivity index (χ2n) is 6.35. The van der Waals surface area contributed by atoms with Gasteiger partial charge in [0.1, 0.15) is 0 Å². The molecule has 3 heterocycles. The smallest absolute Gasteiger partial charge is 0.151 e. The van der Waals surface area contributed by atoms with E-state index in [2.05, 4.69) is 61.2 Å². The lowest BCUT2D eigenvalue weighted by molar-refractivity contribution is 0.862. The Labute approximate surface area is 150 Å². The molecule has 0 spiro atoms. The number of fused-ring (bicyclic) bond motifs is 4. The normalized spacial score (nSPS) is 14.2. The van der Waals surface area contributed by atoms with Gasteiger partial charge < -0.3 is 0 Å². The van der Waals surface area contributed by atoms with Gasteiger partial charge in [0.05, 0.1) is 16.3 Å². The Kier molecular flexibility index (Phi) is 3.19. The predicted octanol–water partition coefficient (Wildman–Crippen LogP) is 6.60. The number of anilines is 3. The summed E-state index contributed by atoms with van der Waals surface area (Å²) in [6.45, 7) is 4.49. The Morgan fingerprint density at radius 3 is 2.42 bits per heavy atom. The number of rotatable bonds is 1. The highest BCUT2D eigenvalue weighted by Gasteiger charge is 2.33. The number of hydrogen-bond donors (Lipinski definition) is 0. The molecule has 0 N–H and O–H groups in total. The van der Waals surface area contributed by atoms with Crippen LogP contribution >= 0.6 is 23.5 Å². The first-order chi connectivity index (χ1) is 11.7. The van der Waals surface area contributed by atoms with Crippen molar-refractivity contribution in [2.24, 2.45) is 0 Å². The highest BCUT2D eigenvalue weighted by atomic mass is 32.2. The van der Waals surface area contributed by atoms with Gasteiger partial charge in [-0.1, -0.05) is 49.5 Å². The number of benzene rings is 2. The minimum Gasteiger partial charge on any atom is -0.291 e. The zero-order valence-corrected chi connectivity index (χ0v) is 15.1. The van der Waals surface area contributed by atoms with Gasteiger partial charge in [0.15, 0.2) is 5.82 Å². The van der Waals surface area contributed by atoms with E-state index in [0.717, 1.165) is 5.82 Å². The molecule has 118 valence electrons. The van der Waals surface area contributed by atoms with Crippen molar-refractivity contribution in [2.45, 2.75) is 39.3 Å². The van der Waals surface area contributed by atoms with Crippen LogP contribution in [0.3, 0.4) is 0 Å². The molecular weight excluding hydrogens is 332 g/mol. The van der Waals surface area contributed by atoms with E-state index < -0.39 is 0 Å². The third kappa shape index (κ3) is 2.03. The molecule has 3 aromatic rings. The van der Waals surface area contributed by atoms with Crippen molar-refractivity contribution in [1.82, 2.24) is 4.98 Å². The zero-order valence-electron chi connectivity index (χ0n) is 13.5. The molecule has 0 fully saturated rings. The lowest BCUT2D eigenvalue weighted by atomic mass is 10.0. The first-order valence-corrected chi connectivity index (χ1v) is 9.73. The van der Waals surface area contributed by atoms with Gasteiger partial charge in [-0.2, -0.15) is 0 Å². The predicted molar refractivity (Wildman–Crippen MR) is 101 cm³/mol. The monoisotopic (exact) mass is 348 g/mol. The summed E-state index contributed by atoms with van der Waals surface area (Å²) in [4.78, 5) is 12.2. The van der Waals surface area contributed by atoms with Crippen molar-refractivity contribution in [2.75, 3.05) is 4.90 Å². The van der Waals surface area contributed by atoms with Crippen LogP contribution in [0.2, 0.25) is 0 Å². The quantitative estimate of drug-likeness (QED) is 0.339. The second-order valence-corrected chi connectivity index (χ2v) is 8.52. The lowest BCUT2D eigenvalue weighted by Gasteiger charge is -2.37. The van der Waals surface area contributed by atoms with Crippen molar-refractivity contribution in [3.63, 3.8) is 0 Å². The molecule has 2 aliphatic heterocycles. The largest absolute Gasteiger partial charge is 0.291 e. The summed E-state index contributed by atoms with van der Waals surface area (Å²) in [5.74, 6) is 1.56. The summed E-state index contributed by atoms with van der Waals surface area (Å²) in [6, 6.07) is 17.6. The molecule has 0 saturated heterocycles. The number of aromatic nitrogens is 1. The van der Waals surface area contributed by atoms with Gasteiger partial charge in [-0.15, -0.1) is 0 Å². The van der Waals surface area contributed by atoms with Crippen LogP contribution in [0.15, 0.2) is 74.3 Å². The van der Waals surface area contributed by atoms with Gasteiger partial charge in [-0.05, 0) is 47.9 Å². The Hall–Kier alpha value is -1.91. The molecule has 4 heteroatoms. The van der Waals surface area contributed by atoms with E-state index in [-0.39, 0.29) is 0 Å². The van der Waals surface area contributed by atoms with E-state index in [4.69, 9.17) is 4.98 Å². The summed E-state index contributed by atoms with van der Waals surface area (Å²) >= 11 is 3.68. The third-order valence-corrected chi connectivity index (χ3v) is 6.68. The summed E-state index contributed by atoms with van der Waals surface area (Å²) in [5.41, 5.74) is 3.91. The number of nitrogens with zero attached hydrogens (tertiary/aromatic N) is 2. The molecular formula is C20H16N2S2. The molecule has 2 nitrogen and oxygen atoms in total. The van der Waals surface area contributed by atoms with Gasteiger partial charge in [0.25, 0.3) is 0 Å². The summed E-state index contributed by atoms with van der Waals surface area (Å²) in [7, 11) is 0. The maximum Gasteiger partial charge on any atom is 0.151 e. The maximum atomic E-state index is 4.71. The SMILES string of the molecule is CC(C)c1ccc2c(c1)N1c3ncccc3Sc3cccc(c31)S2. The van der Waals surface area contributed by atoms with Crippen molar-refractivity contribution in [3.05, 3.63) is 60.3 Å². The second kappa shape index (κ2) is 5.30. The van der Waals surface area contributed by atoms with Gasteiger partial charge in [-0.25, -0.2) is 4.98 Å². The molecule has 1 aromatic heterocycles. The fraction of sp³-hybridized carbons (Fsp3) is 0.150. The third-order valence-electron chi connectivity index (χ3n) is 4.48. The molecule has 0 unspecified atom stereocenters. The van der Waals surface area contributed by atoms with Crippen molar-refractivity contribution in [3.8, 4) is 0 Å². The van der Waals surface area contributed by atoms with E-state index in [1.54, 1.807) is 0 Å². The standard InChI is InChI=1S/C20H16N2S2/c1-12(2)13-8-9-15-14(11-13)22-19-16(23-15)5-3-6-17(19)24-18-7-4-10-21-20(18)22/h3-12H,1-2H3. The van der Waals surface area contributed by atoms with Gasteiger partial charge >= 0.3 is 0 Å². The molecule has 0 amide bonds. The fourth-order valence-corrected chi connectivity index (χ4v) is 5.45. The van der Waals surface area contributed by atoms with Crippen LogP contribution < -0.4 is 4.90 Å². The minimum atomic E-state index is 0.513. The molecule has 0 radical (unpaired) electrons. The maximum absolute atomic E-state index is 4.71. The van der Waals surface area contributed by atoms with E-state index in [1.807, 2.05) is 35.8 Å². The van der Waals surface area contributed by atoms with Crippen LogP contribution in [0.5, 0.6) is 0 Å². The lowest BCUT2D eigenvalue weighted by Crippen LogP contribution is -2.20. The zero-order chi connectivity index (χ0) is 16.3. The molecule has 0 atom stereocenters. The topological polar surface area (TPSA) is 16.1 Å². The Morgan fingerprint density at radius 1 is 0.875 bits per heavy atom. The van der Waals surface area contributed by atoms with Gasteiger partial charge in [0, 0.05) is 20.9 Å². The molecule has 0 saturated carbocycles. The molecule has 2 aliphatic rings. The Bertz CT molecular complexity index is 951. The van der Waals surface area contributed by atoms with Crippen molar-refractivity contribution >= 4 is 40.7 Å². The average Bonchev–Trinajstić information content (AvgIpc) is 2.61. The van der Waals surface area contributed by atoms with Crippen LogP contribution in [-0.4, -0.2) is 4.98 Å². The number of para-hydroxylation sites is 1. The van der Waals surface area contributed by atoms with E-state index >= 15 is 0 Å². The summed E-state index contributed by atoms with van der Waals surface area (Å²) in [6.07, 6.45) is 1.89. The van der Waals surface area contributed by atoms with Crippen LogP contribution in [-0.2, 0) is 0 Å². The number of hydrogen-bond acceptors (Lipinski definition) is 4. The van der Waals surface area contributed by atoms with Crippen LogP contribution in [0, 0.1) is 0 Å². The number of pyridine rings is 1. The average molecular weight is 348 g/mol. The van der Waals surface area contributed by atoms with Gasteiger partial charge in [0.2, 0.25) is 0 Å². The summed E-state index contributed by atoms with van der Waals surface area (Å²) in [5, 5.41) is 0. The van der Waals surface area contributed by atoms with Crippen molar-refractivity contribution < 1.29 is 0 Å². The minimum absolute atomic E-state index is 0.513. The summed E-state index contributed by atoms with van der Waals surface area (Å²) < 4.78 is 0. The molecule has 24 heavy (non-hydrogen) atoms. The van der Waals surface area contributed by atoms with Crippen LogP contribution in [0.4, 0.5) is 17.2 Å². The van der Waals surface area contributed by atoms with Crippen molar-refractivity contribution in [1.29, 1.82) is 0 Å². The molecule has 5 rings (SSSR count). The van der Waals surface area contributed by atoms with Crippen LogP contribution in [0.25, 0.3) is 0 Å². The first-order valence-electron chi connectivity index (χ1n) is 8.10. The van der Waals surface area contributed by atoms with Crippen LogP contribution in [0.1, 0.15) is 25.3 Å². The molecule has 0 aliphatic carbocycles. The van der Waals surface area contributed by atoms with Gasteiger partial charge in [-0.3, -0.25) is 4.90 Å². The Morgan fingerprint density at radius 2 is 1.62 bits per heavy atom. The van der Waals surface area contributed by atoms with E-state index in [1.165, 1.54) is 36.5 Å². The highest BCUT2D eigenvalue weighted by molar-refractivity contribution is 8.00. The first kappa shape index (κ1) is 14.4. The molecule has 0 bridgehead atoms. The van der Waals surface area contributed by atoms with E-state index in [0.29, 0.717) is 5.92 Å². The highest BCUT2D eigenvalue weighted by Crippen LogP contribution is 2.59. The van der Waals surface area contributed by atoms with E-state index in [9.17, 15) is 0 Å². The Balaban J connectivity index is 1.81. The fourth-order valence-electron chi connectivity index (χ4n) is 3.25.